The molecule has 0 spiro atoms. The maximum absolute atomic E-state index is 14.3. The molecule has 0 aromatic heterocycles. The number of halogens is 2. The van der Waals surface area contributed by atoms with Crippen molar-refractivity contribution in [3.63, 3.8) is 0 Å². The summed E-state index contributed by atoms with van der Waals surface area (Å²) in [4.78, 5) is 0. The highest BCUT2D eigenvalue weighted by Gasteiger charge is 2.62. The summed E-state index contributed by atoms with van der Waals surface area (Å²) in [6.45, 7) is 6.26. The van der Waals surface area contributed by atoms with Crippen LogP contribution in [0, 0.1) is 41.4 Å². The number of rotatable bonds is 4. The standard InChI is InChI=1S/C24H38F2O/c1-3-17-6-10-20(11-7-17)22-23(27-24(22,25)26)21-14-12-19(13-15-21)18-8-4-16(2)5-9-18/h3,16-23H,1,4-15H2,2H3/t16?,17-,18?,19-,20-,21-,22-,23-/m0/s1. The van der Waals surface area contributed by atoms with Gasteiger partial charge in [0.1, 0.15) is 0 Å². The van der Waals surface area contributed by atoms with Crippen molar-refractivity contribution in [1.29, 1.82) is 0 Å². The van der Waals surface area contributed by atoms with Gasteiger partial charge in [0.25, 0.3) is 0 Å². The van der Waals surface area contributed by atoms with Gasteiger partial charge in [-0.2, -0.15) is 8.78 Å². The predicted molar refractivity (Wildman–Crippen MR) is 106 cm³/mol. The van der Waals surface area contributed by atoms with Gasteiger partial charge in [0.2, 0.25) is 0 Å². The average molecular weight is 381 g/mol. The molecule has 0 N–H and O–H groups in total. The van der Waals surface area contributed by atoms with E-state index in [2.05, 4.69) is 13.5 Å². The van der Waals surface area contributed by atoms with Gasteiger partial charge in [-0.25, -0.2) is 0 Å². The lowest BCUT2D eigenvalue weighted by atomic mass is 9.64. The molecule has 1 aliphatic heterocycles. The molecule has 4 rings (SSSR count). The van der Waals surface area contributed by atoms with Gasteiger partial charge in [0.15, 0.2) is 0 Å². The molecule has 154 valence electrons. The molecule has 4 fully saturated rings. The molecule has 2 atom stereocenters. The fourth-order valence-electron chi connectivity index (χ4n) is 6.83. The van der Waals surface area contributed by atoms with Crippen LogP contribution in [-0.2, 0) is 4.74 Å². The summed E-state index contributed by atoms with van der Waals surface area (Å²) >= 11 is 0. The molecule has 0 bridgehead atoms. The van der Waals surface area contributed by atoms with Gasteiger partial charge >= 0.3 is 6.11 Å². The van der Waals surface area contributed by atoms with E-state index in [9.17, 15) is 8.78 Å². The average Bonchev–Trinajstić information content (AvgIpc) is 2.68. The van der Waals surface area contributed by atoms with Gasteiger partial charge < -0.3 is 4.74 Å². The SMILES string of the molecule is C=C[C@H]1CC[C@H]([C@H]2[C@H]([C@H]3CC[C@H](C4CCC(C)CC4)CC3)OC2(F)F)CC1. The zero-order valence-corrected chi connectivity index (χ0v) is 17.1. The van der Waals surface area contributed by atoms with Crippen LogP contribution in [0.25, 0.3) is 0 Å². The van der Waals surface area contributed by atoms with Crippen molar-refractivity contribution >= 4 is 0 Å². The van der Waals surface area contributed by atoms with Gasteiger partial charge in [0.05, 0.1) is 12.0 Å². The number of alkyl halides is 2. The Morgan fingerprint density at radius 2 is 1.22 bits per heavy atom. The molecule has 0 aromatic carbocycles. The van der Waals surface area contributed by atoms with E-state index >= 15 is 0 Å². The Morgan fingerprint density at radius 1 is 0.741 bits per heavy atom. The minimum absolute atomic E-state index is 0.146. The monoisotopic (exact) mass is 380 g/mol. The van der Waals surface area contributed by atoms with Crippen LogP contribution in [0.2, 0.25) is 0 Å². The third-order valence-corrected chi connectivity index (χ3v) is 8.70. The van der Waals surface area contributed by atoms with E-state index in [1.807, 2.05) is 6.08 Å². The summed E-state index contributed by atoms with van der Waals surface area (Å²) in [5.74, 6) is 3.16. The lowest BCUT2D eigenvalue weighted by Gasteiger charge is -2.53. The van der Waals surface area contributed by atoms with Crippen LogP contribution >= 0.6 is 0 Å². The van der Waals surface area contributed by atoms with Gasteiger partial charge in [-0.3, -0.25) is 0 Å². The number of allylic oxidation sites excluding steroid dienone is 1. The van der Waals surface area contributed by atoms with Gasteiger partial charge in [-0.15, -0.1) is 6.58 Å². The molecule has 27 heavy (non-hydrogen) atoms. The first-order valence-corrected chi connectivity index (χ1v) is 11.7. The van der Waals surface area contributed by atoms with E-state index in [1.54, 1.807) is 0 Å². The lowest BCUT2D eigenvalue weighted by Crippen LogP contribution is -2.61. The van der Waals surface area contributed by atoms with E-state index in [4.69, 9.17) is 4.74 Å². The maximum Gasteiger partial charge on any atom is 0.361 e. The largest absolute Gasteiger partial charge is 0.361 e. The second kappa shape index (κ2) is 8.13. The molecule has 0 unspecified atom stereocenters. The zero-order valence-electron chi connectivity index (χ0n) is 17.1. The molecule has 1 nitrogen and oxygen atoms in total. The van der Waals surface area contributed by atoms with Crippen LogP contribution in [0.5, 0.6) is 0 Å². The molecule has 0 aromatic rings. The number of hydrogen-bond acceptors (Lipinski definition) is 1. The van der Waals surface area contributed by atoms with Crippen molar-refractivity contribution in [2.45, 2.75) is 96.2 Å². The van der Waals surface area contributed by atoms with Crippen molar-refractivity contribution in [3.05, 3.63) is 12.7 Å². The smallest absolute Gasteiger partial charge is 0.316 e. The van der Waals surface area contributed by atoms with Crippen molar-refractivity contribution in [1.82, 2.24) is 0 Å². The molecule has 0 radical (unpaired) electrons. The normalized spacial score (nSPS) is 47.8. The van der Waals surface area contributed by atoms with Crippen LogP contribution < -0.4 is 0 Å². The fraction of sp³-hybridized carbons (Fsp3) is 0.917. The molecule has 1 saturated heterocycles. The molecular formula is C24H38F2O. The van der Waals surface area contributed by atoms with Crippen molar-refractivity contribution in [2.24, 2.45) is 41.4 Å². The highest BCUT2D eigenvalue weighted by Crippen LogP contribution is 2.55. The van der Waals surface area contributed by atoms with E-state index in [1.165, 1.54) is 38.5 Å². The van der Waals surface area contributed by atoms with Crippen molar-refractivity contribution < 1.29 is 13.5 Å². The Kier molecular flexibility index (Phi) is 5.98. The molecular weight excluding hydrogens is 342 g/mol. The minimum Gasteiger partial charge on any atom is -0.316 e. The van der Waals surface area contributed by atoms with Crippen LogP contribution in [0.3, 0.4) is 0 Å². The Bertz CT molecular complexity index is 495. The third kappa shape index (κ3) is 4.14. The van der Waals surface area contributed by atoms with E-state index < -0.39 is 12.0 Å². The molecule has 1 heterocycles. The van der Waals surface area contributed by atoms with E-state index in [-0.39, 0.29) is 12.0 Å². The summed E-state index contributed by atoms with van der Waals surface area (Å²) in [7, 11) is 0. The minimum atomic E-state index is -2.88. The summed E-state index contributed by atoms with van der Waals surface area (Å²) in [5.41, 5.74) is 0. The Morgan fingerprint density at radius 3 is 1.74 bits per heavy atom. The van der Waals surface area contributed by atoms with Gasteiger partial charge in [-0.05, 0) is 99.7 Å². The quantitative estimate of drug-likeness (QED) is 0.468. The summed E-state index contributed by atoms with van der Waals surface area (Å²) < 4.78 is 33.9. The summed E-state index contributed by atoms with van der Waals surface area (Å²) in [6.07, 6.45) is 13.1. The molecule has 4 aliphatic rings. The van der Waals surface area contributed by atoms with Gasteiger partial charge in [0, 0.05) is 0 Å². The topological polar surface area (TPSA) is 9.23 Å². The fourth-order valence-corrected chi connectivity index (χ4v) is 6.83. The van der Waals surface area contributed by atoms with Crippen LogP contribution in [-0.4, -0.2) is 12.2 Å². The highest BCUT2D eigenvalue weighted by molar-refractivity contribution is 4.99. The first-order valence-electron chi connectivity index (χ1n) is 11.7. The summed E-state index contributed by atoms with van der Waals surface area (Å²) in [5, 5.41) is 0. The van der Waals surface area contributed by atoms with Crippen LogP contribution in [0.1, 0.15) is 84.0 Å². The summed E-state index contributed by atoms with van der Waals surface area (Å²) in [6, 6.07) is 0. The zero-order chi connectivity index (χ0) is 19.0. The maximum atomic E-state index is 14.3. The number of ether oxygens (including phenoxy) is 1. The van der Waals surface area contributed by atoms with Crippen molar-refractivity contribution in [3.8, 4) is 0 Å². The first-order chi connectivity index (χ1) is 13.0. The molecule has 3 heteroatoms. The molecule has 0 amide bonds. The van der Waals surface area contributed by atoms with Crippen LogP contribution in [0.4, 0.5) is 8.78 Å². The number of hydrogen-bond donors (Lipinski definition) is 0. The second-order valence-corrected chi connectivity index (χ2v) is 10.3. The molecule has 3 aliphatic carbocycles. The Balaban J connectivity index is 1.30. The highest BCUT2D eigenvalue weighted by atomic mass is 19.3. The van der Waals surface area contributed by atoms with Crippen LogP contribution in [0.15, 0.2) is 12.7 Å². The van der Waals surface area contributed by atoms with E-state index in [0.29, 0.717) is 11.8 Å². The molecule has 3 saturated carbocycles. The van der Waals surface area contributed by atoms with Gasteiger partial charge in [-0.1, -0.05) is 25.8 Å². The van der Waals surface area contributed by atoms with E-state index in [0.717, 1.165) is 56.3 Å². The van der Waals surface area contributed by atoms with Crippen molar-refractivity contribution in [2.75, 3.05) is 0 Å². The Hall–Kier alpha value is -0.440. The lowest BCUT2D eigenvalue weighted by molar-refractivity contribution is -0.418. The first kappa shape index (κ1) is 19.9. The third-order valence-electron chi connectivity index (χ3n) is 8.70. The Labute approximate surface area is 164 Å². The predicted octanol–water partition coefficient (Wildman–Crippen LogP) is 7.22. The second-order valence-electron chi connectivity index (χ2n) is 10.3.